The van der Waals surface area contributed by atoms with Gasteiger partial charge in [0.15, 0.2) is 0 Å². The van der Waals surface area contributed by atoms with E-state index in [1.807, 2.05) is 18.2 Å². The number of benzene rings is 1. The van der Waals surface area contributed by atoms with Gasteiger partial charge in [-0.15, -0.1) is 0 Å². The first-order chi connectivity index (χ1) is 9.53. The molecule has 1 heterocycles. The predicted molar refractivity (Wildman–Crippen MR) is 84.8 cm³/mol. The van der Waals surface area contributed by atoms with Gasteiger partial charge in [0.2, 0.25) is 0 Å². The molecule has 2 rings (SSSR count). The molecule has 3 nitrogen and oxygen atoms in total. The summed E-state index contributed by atoms with van der Waals surface area (Å²) in [6, 6.07) is 8.40. The molecule has 0 aromatic heterocycles. The standard InChI is InChI=1S/C17H26N2O/c1-17(2)13-19(12-10-16(17)18)11-6-8-14-7-4-5-9-15(14)20-3/h4-9,16H,10-13,18H2,1-3H3/b8-6+. The van der Waals surface area contributed by atoms with E-state index in [4.69, 9.17) is 10.5 Å². The van der Waals surface area contributed by atoms with Crippen LogP contribution in [0.5, 0.6) is 5.75 Å². The summed E-state index contributed by atoms with van der Waals surface area (Å²) in [6.45, 7) is 7.63. The minimum absolute atomic E-state index is 0.205. The van der Waals surface area contributed by atoms with Crippen molar-refractivity contribution in [3.8, 4) is 5.75 Å². The topological polar surface area (TPSA) is 38.5 Å². The van der Waals surface area contributed by atoms with Gasteiger partial charge in [0, 0.05) is 24.7 Å². The van der Waals surface area contributed by atoms with Crippen molar-refractivity contribution < 1.29 is 4.74 Å². The molecule has 0 saturated carbocycles. The molecule has 1 fully saturated rings. The van der Waals surface area contributed by atoms with Crippen LogP contribution >= 0.6 is 0 Å². The van der Waals surface area contributed by atoms with Gasteiger partial charge < -0.3 is 10.5 Å². The third-order valence-electron chi connectivity index (χ3n) is 4.19. The molecular weight excluding hydrogens is 248 g/mol. The number of nitrogens with two attached hydrogens (primary N) is 1. The van der Waals surface area contributed by atoms with Gasteiger partial charge in [0.25, 0.3) is 0 Å². The Balaban J connectivity index is 1.94. The fourth-order valence-corrected chi connectivity index (χ4v) is 2.77. The van der Waals surface area contributed by atoms with Crippen LogP contribution in [-0.4, -0.2) is 37.7 Å². The lowest BCUT2D eigenvalue weighted by Gasteiger charge is -2.42. The summed E-state index contributed by atoms with van der Waals surface area (Å²) in [6.07, 6.45) is 5.43. The highest BCUT2D eigenvalue weighted by Gasteiger charge is 2.32. The lowest BCUT2D eigenvalue weighted by atomic mass is 9.80. The van der Waals surface area contributed by atoms with Gasteiger partial charge in [-0.05, 0) is 24.4 Å². The van der Waals surface area contributed by atoms with Crippen LogP contribution in [0.2, 0.25) is 0 Å². The Bertz CT molecular complexity index is 468. The Kier molecular flexibility index (Phi) is 4.84. The molecule has 3 heteroatoms. The van der Waals surface area contributed by atoms with E-state index in [0.29, 0.717) is 6.04 Å². The third-order valence-corrected chi connectivity index (χ3v) is 4.19. The van der Waals surface area contributed by atoms with Crippen molar-refractivity contribution in [2.75, 3.05) is 26.7 Å². The Morgan fingerprint density at radius 3 is 2.85 bits per heavy atom. The second-order valence-electron chi connectivity index (χ2n) is 6.26. The van der Waals surface area contributed by atoms with Gasteiger partial charge in [-0.25, -0.2) is 0 Å². The van der Waals surface area contributed by atoms with E-state index in [9.17, 15) is 0 Å². The molecule has 0 bridgehead atoms. The second-order valence-corrected chi connectivity index (χ2v) is 6.26. The van der Waals surface area contributed by atoms with E-state index in [0.717, 1.165) is 37.4 Å². The molecular formula is C17H26N2O. The maximum Gasteiger partial charge on any atom is 0.126 e. The van der Waals surface area contributed by atoms with E-state index in [1.165, 1.54) is 0 Å². The van der Waals surface area contributed by atoms with Crippen molar-refractivity contribution in [3.05, 3.63) is 35.9 Å². The molecule has 0 spiro atoms. The van der Waals surface area contributed by atoms with Crippen LogP contribution in [-0.2, 0) is 0 Å². The van der Waals surface area contributed by atoms with Crippen molar-refractivity contribution in [1.82, 2.24) is 4.90 Å². The summed E-state index contributed by atoms with van der Waals surface area (Å²) >= 11 is 0. The third kappa shape index (κ3) is 3.62. The van der Waals surface area contributed by atoms with Gasteiger partial charge in [-0.2, -0.15) is 0 Å². The van der Waals surface area contributed by atoms with Gasteiger partial charge in [0.05, 0.1) is 7.11 Å². The van der Waals surface area contributed by atoms with Gasteiger partial charge >= 0.3 is 0 Å². The van der Waals surface area contributed by atoms with Crippen LogP contribution in [0.15, 0.2) is 30.3 Å². The predicted octanol–water partition coefficient (Wildman–Crippen LogP) is 2.77. The quantitative estimate of drug-likeness (QED) is 0.917. The summed E-state index contributed by atoms with van der Waals surface area (Å²) in [7, 11) is 1.71. The summed E-state index contributed by atoms with van der Waals surface area (Å²) in [5.41, 5.74) is 7.50. The van der Waals surface area contributed by atoms with E-state index in [2.05, 4.69) is 37.0 Å². The number of hydrogen-bond donors (Lipinski definition) is 1. The number of methoxy groups -OCH3 is 1. The van der Waals surface area contributed by atoms with E-state index in [-0.39, 0.29) is 5.41 Å². The number of nitrogens with zero attached hydrogens (tertiary/aromatic N) is 1. The fourth-order valence-electron chi connectivity index (χ4n) is 2.77. The molecule has 2 N–H and O–H groups in total. The summed E-state index contributed by atoms with van der Waals surface area (Å²) in [5, 5.41) is 0. The fraction of sp³-hybridized carbons (Fsp3) is 0.529. The SMILES string of the molecule is COc1ccccc1/C=C/CN1CCC(N)C(C)(C)C1. The number of piperidine rings is 1. The first-order valence-electron chi connectivity index (χ1n) is 7.30. The van der Waals surface area contributed by atoms with Gasteiger partial charge in [0.1, 0.15) is 5.75 Å². The molecule has 1 aromatic carbocycles. The summed E-state index contributed by atoms with van der Waals surface area (Å²) in [5.74, 6) is 0.921. The van der Waals surface area contributed by atoms with E-state index >= 15 is 0 Å². The van der Waals surface area contributed by atoms with Crippen LogP contribution in [0.4, 0.5) is 0 Å². The maximum atomic E-state index is 6.17. The van der Waals surface area contributed by atoms with Crippen LogP contribution in [0.3, 0.4) is 0 Å². The average Bonchev–Trinajstić information content (AvgIpc) is 2.43. The van der Waals surface area contributed by atoms with Crippen molar-refractivity contribution in [2.24, 2.45) is 11.1 Å². The molecule has 0 radical (unpaired) electrons. The lowest BCUT2D eigenvalue weighted by molar-refractivity contribution is 0.105. The highest BCUT2D eigenvalue weighted by molar-refractivity contribution is 5.57. The number of hydrogen-bond acceptors (Lipinski definition) is 3. The Morgan fingerprint density at radius 1 is 1.40 bits per heavy atom. The largest absolute Gasteiger partial charge is 0.496 e. The zero-order chi connectivity index (χ0) is 14.6. The van der Waals surface area contributed by atoms with Gasteiger partial charge in [-0.3, -0.25) is 4.90 Å². The minimum Gasteiger partial charge on any atom is -0.496 e. The number of likely N-dealkylation sites (tertiary alicyclic amines) is 1. The molecule has 0 amide bonds. The molecule has 0 aliphatic carbocycles. The smallest absolute Gasteiger partial charge is 0.126 e. The van der Waals surface area contributed by atoms with Crippen molar-refractivity contribution >= 4 is 6.08 Å². The molecule has 1 unspecified atom stereocenters. The van der Waals surface area contributed by atoms with Crippen LogP contribution in [0.25, 0.3) is 6.08 Å². The molecule has 1 aliphatic heterocycles. The van der Waals surface area contributed by atoms with Crippen LogP contribution in [0, 0.1) is 5.41 Å². The van der Waals surface area contributed by atoms with Crippen LogP contribution in [0.1, 0.15) is 25.8 Å². The zero-order valence-electron chi connectivity index (χ0n) is 12.8. The normalized spacial score (nSPS) is 23.1. The first kappa shape index (κ1) is 15.1. The maximum absolute atomic E-state index is 6.17. The first-order valence-corrected chi connectivity index (χ1v) is 7.30. The Hall–Kier alpha value is -1.32. The van der Waals surface area contributed by atoms with Crippen molar-refractivity contribution in [2.45, 2.75) is 26.3 Å². The summed E-state index contributed by atoms with van der Waals surface area (Å²) < 4.78 is 5.35. The molecule has 110 valence electrons. The summed E-state index contributed by atoms with van der Waals surface area (Å²) in [4.78, 5) is 2.47. The van der Waals surface area contributed by atoms with E-state index < -0.39 is 0 Å². The highest BCUT2D eigenvalue weighted by Crippen LogP contribution is 2.27. The highest BCUT2D eigenvalue weighted by atomic mass is 16.5. The van der Waals surface area contributed by atoms with E-state index in [1.54, 1.807) is 7.11 Å². The zero-order valence-corrected chi connectivity index (χ0v) is 12.8. The molecule has 1 aliphatic rings. The molecule has 20 heavy (non-hydrogen) atoms. The molecule has 1 atom stereocenters. The van der Waals surface area contributed by atoms with Crippen molar-refractivity contribution in [3.63, 3.8) is 0 Å². The Morgan fingerprint density at radius 2 is 2.15 bits per heavy atom. The number of para-hydroxylation sites is 1. The van der Waals surface area contributed by atoms with Gasteiger partial charge in [-0.1, -0.05) is 44.2 Å². The van der Waals surface area contributed by atoms with Crippen molar-refractivity contribution in [1.29, 1.82) is 0 Å². The second kappa shape index (κ2) is 6.42. The van der Waals surface area contributed by atoms with Crippen LogP contribution < -0.4 is 10.5 Å². The number of rotatable bonds is 4. The lowest BCUT2D eigenvalue weighted by Crippen LogP contribution is -2.52. The average molecular weight is 274 g/mol. The monoisotopic (exact) mass is 274 g/mol. The number of ether oxygens (including phenoxy) is 1. The molecule has 1 saturated heterocycles. The molecule has 1 aromatic rings. The minimum atomic E-state index is 0.205. The Labute approximate surface area is 122 Å².